The number of piperazine rings is 1. The molecule has 5 nitrogen and oxygen atoms in total. The minimum absolute atomic E-state index is 0.185. The van der Waals surface area contributed by atoms with E-state index in [0.29, 0.717) is 5.92 Å². The van der Waals surface area contributed by atoms with Gasteiger partial charge in [0.15, 0.2) is 4.77 Å². The van der Waals surface area contributed by atoms with Gasteiger partial charge < -0.3 is 9.47 Å². The van der Waals surface area contributed by atoms with Crippen molar-refractivity contribution in [1.82, 2.24) is 19.2 Å². The summed E-state index contributed by atoms with van der Waals surface area (Å²) in [6, 6.07) is 6.76. The van der Waals surface area contributed by atoms with Crippen molar-refractivity contribution in [1.29, 1.82) is 0 Å². The summed E-state index contributed by atoms with van der Waals surface area (Å²) in [6.45, 7) is 7.56. The Morgan fingerprint density at radius 1 is 1.12 bits per heavy atom. The zero-order valence-corrected chi connectivity index (χ0v) is 15.4. The van der Waals surface area contributed by atoms with Crippen LogP contribution in [0.5, 0.6) is 0 Å². The van der Waals surface area contributed by atoms with E-state index in [0.717, 1.165) is 55.7 Å². The molecule has 0 atom stereocenters. The van der Waals surface area contributed by atoms with Gasteiger partial charge in [0.25, 0.3) is 0 Å². The fraction of sp³-hybridized carbons (Fsp3) is 0.556. The maximum Gasteiger partial charge on any atom is 0.199 e. The van der Waals surface area contributed by atoms with Crippen molar-refractivity contribution in [3.8, 4) is 0 Å². The van der Waals surface area contributed by atoms with Gasteiger partial charge in [-0.15, -0.1) is 0 Å². The summed E-state index contributed by atoms with van der Waals surface area (Å²) in [5.74, 6) is 1.59. The highest BCUT2D eigenvalue weighted by atomic mass is 32.1. The summed E-state index contributed by atoms with van der Waals surface area (Å²) in [5, 5.41) is 4.80. The Labute approximate surface area is 152 Å². The van der Waals surface area contributed by atoms with E-state index in [1.54, 1.807) is 0 Å². The lowest BCUT2D eigenvalue weighted by molar-refractivity contribution is 0.194. The number of halogens is 1. The zero-order valence-electron chi connectivity index (χ0n) is 14.6. The van der Waals surface area contributed by atoms with Gasteiger partial charge in [0, 0.05) is 44.3 Å². The minimum Gasteiger partial charge on any atom is -0.369 e. The van der Waals surface area contributed by atoms with Crippen molar-refractivity contribution in [2.24, 2.45) is 0 Å². The lowest BCUT2D eigenvalue weighted by Crippen LogP contribution is -2.47. The molecule has 0 unspecified atom stereocenters. The molecule has 7 heteroatoms. The highest BCUT2D eigenvalue weighted by Gasteiger charge is 2.30. The molecule has 2 aliphatic rings. The molecule has 1 aromatic carbocycles. The number of benzene rings is 1. The fourth-order valence-corrected chi connectivity index (χ4v) is 3.80. The van der Waals surface area contributed by atoms with Crippen LogP contribution in [-0.4, -0.2) is 45.4 Å². The van der Waals surface area contributed by atoms with Gasteiger partial charge in [-0.05, 0) is 56.2 Å². The Balaban J connectivity index is 1.40. The molecule has 25 heavy (non-hydrogen) atoms. The monoisotopic (exact) mass is 361 g/mol. The molecule has 1 saturated carbocycles. The first-order valence-electron chi connectivity index (χ1n) is 9.06. The molecule has 1 aliphatic heterocycles. The van der Waals surface area contributed by atoms with Gasteiger partial charge >= 0.3 is 0 Å². The minimum atomic E-state index is -0.185. The molecule has 0 bridgehead atoms. The lowest BCUT2D eigenvalue weighted by atomic mass is 10.2. The average molecular weight is 361 g/mol. The van der Waals surface area contributed by atoms with E-state index < -0.39 is 0 Å². The van der Waals surface area contributed by atoms with E-state index in [9.17, 15) is 4.39 Å². The molecular weight excluding hydrogens is 337 g/mol. The van der Waals surface area contributed by atoms with Gasteiger partial charge in [-0.2, -0.15) is 5.10 Å². The summed E-state index contributed by atoms with van der Waals surface area (Å²) in [4.78, 5) is 4.69. The molecule has 0 spiro atoms. The van der Waals surface area contributed by atoms with E-state index in [-0.39, 0.29) is 5.82 Å². The molecule has 134 valence electrons. The van der Waals surface area contributed by atoms with Crippen LogP contribution in [0.15, 0.2) is 24.3 Å². The summed E-state index contributed by atoms with van der Waals surface area (Å²) in [6.07, 6.45) is 2.48. The van der Waals surface area contributed by atoms with Gasteiger partial charge in [-0.25, -0.2) is 9.07 Å². The first kappa shape index (κ1) is 16.7. The molecule has 1 aromatic heterocycles. The van der Waals surface area contributed by atoms with Crippen LogP contribution in [0.2, 0.25) is 0 Å². The SMILES string of the molecule is CCn1c(C2CC2)nn(CN2CCN(c3ccc(F)cc3)CC2)c1=S. The van der Waals surface area contributed by atoms with Crippen LogP contribution in [0.3, 0.4) is 0 Å². The van der Waals surface area contributed by atoms with Crippen LogP contribution < -0.4 is 4.90 Å². The van der Waals surface area contributed by atoms with Crippen molar-refractivity contribution >= 4 is 17.9 Å². The van der Waals surface area contributed by atoms with Crippen LogP contribution >= 0.6 is 12.2 Å². The summed E-state index contributed by atoms with van der Waals surface area (Å²) < 4.78 is 18.1. The standard InChI is InChI=1S/C18H24FN5S/c1-2-23-17(14-3-4-14)20-24(18(23)25)13-21-9-11-22(12-10-21)16-7-5-15(19)6-8-16/h5-8,14H,2-4,9-13H2,1H3. The van der Waals surface area contributed by atoms with Crippen molar-refractivity contribution in [2.45, 2.75) is 38.9 Å². The number of anilines is 1. The van der Waals surface area contributed by atoms with Gasteiger partial charge in [0.05, 0.1) is 6.67 Å². The topological polar surface area (TPSA) is 29.2 Å². The highest BCUT2D eigenvalue weighted by molar-refractivity contribution is 7.71. The van der Waals surface area contributed by atoms with Gasteiger partial charge in [-0.1, -0.05) is 0 Å². The quantitative estimate of drug-likeness (QED) is 0.765. The van der Waals surface area contributed by atoms with E-state index in [1.807, 2.05) is 16.8 Å². The Hall–Kier alpha value is -1.73. The molecule has 2 aromatic rings. The normalized spacial score (nSPS) is 18.7. The molecule has 4 rings (SSSR count). The van der Waals surface area contributed by atoms with Gasteiger partial charge in [0.1, 0.15) is 11.6 Å². The van der Waals surface area contributed by atoms with Gasteiger partial charge in [-0.3, -0.25) is 4.90 Å². The van der Waals surface area contributed by atoms with E-state index in [2.05, 4.69) is 21.3 Å². The molecule has 0 amide bonds. The number of hydrogen-bond acceptors (Lipinski definition) is 4. The van der Waals surface area contributed by atoms with Crippen molar-refractivity contribution < 1.29 is 4.39 Å². The zero-order chi connectivity index (χ0) is 17.4. The van der Waals surface area contributed by atoms with E-state index in [1.165, 1.54) is 25.0 Å². The van der Waals surface area contributed by atoms with Crippen molar-refractivity contribution in [3.63, 3.8) is 0 Å². The Morgan fingerprint density at radius 3 is 2.40 bits per heavy atom. The molecule has 1 saturated heterocycles. The number of hydrogen-bond donors (Lipinski definition) is 0. The molecular formula is C18H24FN5S. The number of nitrogens with zero attached hydrogens (tertiary/aromatic N) is 5. The van der Waals surface area contributed by atoms with Crippen molar-refractivity contribution in [2.75, 3.05) is 31.1 Å². The largest absolute Gasteiger partial charge is 0.369 e. The average Bonchev–Trinajstić information content (AvgIpc) is 3.42. The molecule has 2 heterocycles. The first-order valence-corrected chi connectivity index (χ1v) is 9.47. The smallest absolute Gasteiger partial charge is 0.199 e. The third-order valence-corrected chi connectivity index (χ3v) is 5.54. The molecule has 2 fully saturated rings. The fourth-order valence-electron chi connectivity index (χ4n) is 3.48. The second-order valence-corrected chi connectivity index (χ2v) is 7.25. The van der Waals surface area contributed by atoms with Crippen LogP contribution in [0.1, 0.15) is 31.5 Å². The van der Waals surface area contributed by atoms with Crippen LogP contribution in [0.4, 0.5) is 10.1 Å². The molecule has 0 N–H and O–H groups in total. The van der Waals surface area contributed by atoms with E-state index in [4.69, 9.17) is 17.3 Å². The summed E-state index contributed by atoms with van der Waals surface area (Å²) >= 11 is 5.63. The maximum atomic E-state index is 13.1. The Morgan fingerprint density at radius 2 is 1.80 bits per heavy atom. The first-order chi connectivity index (χ1) is 12.2. The van der Waals surface area contributed by atoms with Gasteiger partial charge in [0.2, 0.25) is 0 Å². The highest BCUT2D eigenvalue weighted by Crippen LogP contribution is 2.39. The predicted molar refractivity (Wildman–Crippen MR) is 98.9 cm³/mol. The van der Waals surface area contributed by atoms with Crippen LogP contribution in [0.25, 0.3) is 0 Å². The molecule has 1 aliphatic carbocycles. The summed E-state index contributed by atoms with van der Waals surface area (Å²) in [5.41, 5.74) is 1.09. The van der Waals surface area contributed by atoms with Crippen LogP contribution in [-0.2, 0) is 13.2 Å². The number of aromatic nitrogens is 3. The predicted octanol–water partition coefficient (Wildman–Crippen LogP) is 3.23. The summed E-state index contributed by atoms with van der Waals surface area (Å²) in [7, 11) is 0. The van der Waals surface area contributed by atoms with E-state index >= 15 is 0 Å². The molecule has 0 radical (unpaired) electrons. The van der Waals surface area contributed by atoms with Crippen molar-refractivity contribution in [3.05, 3.63) is 40.7 Å². The second kappa shape index (κ2) is 6.88. The third-order valence-electron chi connectivity index (χ3n) is 5.11. The lowest BCUT2D eigenvalue weighted by Gasteiger charge is -2.35. The Kier molecular flexibility index (Phi) is 4.60. The Bertz CT molecular complexity index is 785. The van der Waals surface area contributed by atoms with Crippen LogP contribution in [0, 0.1) is 10.6 Å². The third kappa shape index (κ3) is 3.48. The maximum absolute atomic E-state index is 13.1. The number of rotatable bonds is 5. The second-order valence-electron chi connectivity index (χ2n) is 6.88.